The second kappa shape index (κ2) is 8.34. The molecule has 6 nitrogen and oxygen atoms in total. The van der Waals surface area contributed by atoms with Crippen LogP contribution in [0.4, 0.5) is 5.69 Å². The fourth-order valence-electron chi connectivity index (χ4n) is 1.90. The van der Waals surface area contributed by atoms with Crippen LogP contribution >= 0.6 is 0 Å². The average Bonchev–Trinajstić information content (AvgIpc) is 2.49. The van der Waals surface area contributed by atoms with Crippen LogP contribution in [-0.2, 0) is 14.8 Å². The molecule has 7 heteroatoms. The lowest BCUT2D eigenvalue weighted by Crippen LogP contribution is -2.32. The topological polar surface area (TPSA) is 90.3 Å². The maximum absolute atomic E-state index is 12.1. The van der Waals surface area contributed by atoms with E-state index in [1.807, 2.05) is 6.92 Å². The van der Waals surface area contributed by atoms with Crippen molar-refractivity contribution in [3.05, 3.63) is 35.9 Å². The van der Waals surface area contributed by atoms with Gasteiger partial charge in [-0.15, -0.1) is 0 Å². The molecule has 1 aromatic carbocycles. The maximum Gasteiger partial charge on any atom is 0.246 e. The molecular formula is C16H21N3O3S. The van der Waals surface area contributed by atoms with E-state index in [1.54, 1.807) is 42.2 Å². The number of carbonyl (C=O) groups is 1. The largest absolute Gasteiger partial charge is 0.338 e. The van der Waals surface area contributed by atoms with Crippen LogP contribution in [0.2, 0.25) is 0 Å². The highest BCUT2D eigenvalue weighted by Crippen LogP contribution is 2.12. The standard InChI is InChI=1S/C16H21N3O3S/c1-4-19(12-13(2)11-17)16(20)10-7-14-5-8-15(9-6-14)18-23(3,21)22/h5-10,13,18H,4,12H2,1-3H3. The molecule has 0 bridgehead atoms. The van der Waals surface area contributed by atoms with Crippen molar-refractivity contribution in [3.8, 4) is 6.07 Å². The van der Waals surface area contributed by atoms with Crippen molar-refractivity contribution in [2.45, 2.75) is 13.8 Å². The van der Waals surface area contributed by atoms with E-state index in [9.17, 15) is 13.2 Å². The number of hydrogen-bond acceptors (Lipinski definition) is 4. The van der Waals surface area contributed by atoms with Gasteiger partial charge in [0.25, 0.3) is 0 Å². The smallest absolute Gasteiger partial charge is 0.246 e. The van der Waals surface area contributed by atoms with Crippen LogP contribution in [0.3, 0.4) is 0 Å². The van der Waals surface area contributed by atoms with Gasteiger partial charge in [0.05, 0.1) is 18.2 Å². The lowest BCUT2D eigenvalue weighted by molar-refractivity contribution is -0.126. The maximum atomic E-state index is 12.1. The number of hydrogen-bond donors (Lipinski definition) is 1. The van der Waals surface area contributed by atoms with Crippen molar-refractivity contribution in [1.29, 1.82) is 5.26 Å². The quantitative estimate of drug-likeness (QED) is 0.772. The van der Waals surface area contributed by atoms with Crippen LogP contribution in [0.25, 0.3) is 6.08 Å². The summed E-state index contributed by atoms with van der Waals surface area (Å²) < 4.78 is 24.6. The van der Waals surface area contributed by atoms with E-state index in [1.165, 1.54) is 6.08 Å². The van der Waals surface area contributed by atoms with Gasteiger partial charge in [-0.1, -0.05) is 12.1 Å². The number of likely N-dealkylation sites (N-methyl/N-ethyl adjacent to an activating group) is 1. The lowest BCUT2D eigenvalue weighted by Gasteiger charge is -2.20. The number of nitriles is 1. The molecule has 0 heterocycles. The summed E-state index contributed by atoms with van der Waals surface area (Å²) in [7, 11) is -3.30. The first-order valence-electron chi connectivity index (χ1n) is 7.19. The molecule has 0 saturated heterocycles. The monoisotopic (exact) mass is 335 g/mol. The summed E-state index contributed by atoms with van der Waals surface area (Å²) in [5, 5.41) is 8.82. The molecule has 0 spiro atoms. The summed E-state index contributed by atoms with van der Waals surface area (Å²) >= 11 is 0. The molecule has 1 atom stereocenters. The second-order valence-electron chi connectivity index (χ2n) is 5.24. The Kier molecular flexibility index (Phi) is 6.79. The summed E-state index contributed by atoms with van der Waals surface area (Å²) in [5.41, 5.74) is 1.25. The first-order chi connectivity index (χ1) is 10.7. The van der Waals surface area contributed by atoms with Crippen molar-refractivity contribution in [2.75, 3.05) is 24.1 Å². The molecule has 1 unspecified atom stereocenters. The Morgan fingerprint density at radius 2 is 2.00 bits per heavy atom. The van der Waals surface area contributed by atoms with Gasteiger partial charge in [0.15, 0.2) is 0 Å². The van der Waals surface area contributed by atoms with Crippen molar-refractivity contribution >= 4 is 27.7 Å². The van der Waals surface area contributed by atoms with Gasteiger partial charge in [-0.2, -0.15) is 5.26 Å². The Hall–Kier alpha value is -2.33. The minimum atomic E-state index is -3.30. The van der Waals surface area contributed by atoms with E-state index in [4.69, 9.17) is 5.26 Å². The van der Waals surface area contributed by atoms with E-state index < -0.39 is 10.0 Å². The zero-order chi connectivity index (χ0) is 17.5. The van der Waals surface area contributed by atoms with Gasteiger partial charge in [0.1, 0.15) is 0 Å². The summed E-state index contributed by atoms with van der Waals surface area (Å²) in [6.45, 7) is 4.56. The second-order valence-corrected chi connectivity index (χ2v) is 6.99. The van der Waals surface area contributed by atoms with Crippen molar-refractivity contribution in [2.24, 2.45) is 5.92 Å². The molecule has 0 aliphatic carbocycles. The number of sulfonamides is 1. The summed E-state index contributed by atoms with van der Waals surface area (Å²) in [6.07, 6.45) is 4.19. The number of amides is 1. The molecule has 1 N–H and O–H groups in total. The molecule has 1 aromatic rings. The van der Waals surface area contributed by atoms with Crippen LogP contribution in [0.15, 0.2) is 30.3 Å². The van der Waals surface area contributed by atoms with E-state index in [-0.39, 0.29) is 11.8 Å². The molecule has 0 fully saturated rings. The van der Waals surface area contributed by atoms with Crippen molar-refractivity contribution < 1.29 is 13.2 Å². The molecule has 0 aromatic heterocycles. The lowest BCUT2D eigenvalue weighted by atomic mass is 10.1. The summed E-state index contributed by atoms with van der Waals surface area (Å²) in [5.74, 6) is -0.374. The summed E-state index contributed by atoms with van der Waals surface area (Å²) in [6, 6.07) is 8.79. The van der Waals surface area contributed by atoms with E-state index in [2.05, 4.69) is 10.8 Å². The Morgan fingerprint density at radius 3 is 2.48 bits per heavy atom. The van der Waals surface area contributed by atoms with Gasteiger partial charge in [-0.25, -0.2) is 8.42 Å². The Balaban J connectivity index is 2.72. The van der Waals surface area contributed by atoms with Crippen LogP contribution in [0.5, 0.6) is 0 Å². The molecule has 0 radical (unpaired) electrons. The van der Waals surface area contributed by atoms with Crippen LogP contribution in [0, 0.1) is 17.2 Å². The Labute approximate surface area is 137 Å². The van der Waals surface area contributed by atoms with E-state index >= 15 is 0 Å². The highest BCUT2D eigenvalue weighted by Gasteiger charge is 2.11. The highest BCUT2D eigenvalue weighted by molar-refractivity contribution is 7.92. The summed E-state index contributed by atoms with van der Waals surface area (Å²) in [4.78, 5) is 13.7. The molecule has 23 heavy (non-hydrogen) atoms. The number of anilines is 1. The van der Waals surface area contributed by atoms with Crippen LogP contribution in [0.1, 0.15) is 19.4 Å². The van der Waals surface area contributed by atoms with Gasteiger partial charge in [-0.05, 0) is 37.6 Å². The van der Waals surface area contributed by atoms with Gasteiger partial charge in [-0.3, -0.25) is 9.52 Å². The van der Waals surface area contributed by atoms with Gasteiger partial charge >= 0.3 is 0 Å². The molecule has 0 saturated carbocycles. The normalized spacial score (nSPS) is 12.6. The zero-order valence-electron chi connectivity index (χ0n) is 13.5. The fourth-order valence-corrected chi connectivity index (χ4v) is 2.46. The molecular weight excluding hydrogens is 314 g/mol. The number of nitrogens with zero attached hydrogens (tertiary/aromatic N) is 2. The van der Waals surface area contributed by atoms with Crippen LogP contribution in [-0.4, -0.2) is 38.6 Å². The molecule has 1 rings (SSSR count). The predicted octanol–water partition coefficient (Wildman–Crippen LogP) is 2.08. The number of nitrogens with one attached hydrogen (secondary N) is 1. The third kappa shape index (κ3) is 6.98. The Morgan fingerprint density at radius 1 is 1.39 bits per heavy atom. The van der Waals surface area contributed by atoms with Gasteiger partial charge in [0, 0.05) is 24.9 Å². The van der Waals surface area contributed by atoms with Gasteiger partial charge in [0.2, 0.25) is 15.9 Å². The number of carbonyl (C=O) groups excluding carboxylic acids is 1. The SMILES string of the molecule is CCN(CC(C)C#N)C(=O)C=Cc1ccc(NS(C)(=O)=O)cc1. The fraction of sp³-hybridized carbons (Fsp3) is 0.375. The van der Waals surface area contributed by atoms with E-state index in [0.29, 0.717) is 18.8 Å². The van der Waals surface area contributed by atoms with Crippen LogP contribution < -0.4 is 4.72 Å². The molecule has 0 aliphatic heterocycles. The zero-order valence-corrected chi connectivity index (χ0v) is 14.3. The van der Waals surface area contributed by atoms with Crippen molar-refractivity contribution in [1.82, 2.24) is 4.90 Å². The number of rotatable bonds is 7. The minimum Gasteiger partial charge on any atom is -0.338 e. The molecule has 1 amide bonds. The van der Waals surface area contributed by atoms with Crippen molar-refractivity contribution in [3.63, 3.8) is 0 Å². The third-order valence-electron chi connectivity index (χ3n) is 3.04. The molecule has 0 aliphatic rings. The molecule has 124 valence electrons. The Bertz CT molecular complexity index is 703. The first-order valence-corrected chi connectivity index (χ1v) is 9.08. The predicted molar refractivity (Wildman–Crippen MR) is 91.0 cm³/mol. The highest BCUT2D eigenvalue weighted by atomic mass is 32.2. The van der Waals surface area contributed by atoms with Gasteiger partial charge < -0.3 is 4.90 Å². The first kappa shape index (κ1) is 18.7. The average molecular weight is 335 g/mol. The third-order valence-corrected chi connectivity index (χ3v) is 3.65. The van der Waals surface area contributed by atoms with E-state index in [0.717, 1.165) is 11.8 Å². The number of benzene rings is 1. The minimum absolute atomic E-state index is 0.159.